The molecular formula is C17H24BrN3O. The van der Waals surface area contributed by atoms with Crippen LogP contribution < -0.4 is 4.74 Å². The first-order chi connectivity index (χ1) is 10.6. The number of ether oxygens (including phenoxy) is 1. The fraction of sp³-hybridized carbons (Fsp3) is 0.588. The molecule has 120 valence electrons. The average molecular weight is 366 g/mol. The molecule has 0 atom stereocenters. The monoisotopic (exact) mass is 365 g/mol. The van der Waals surface area contributed by atoms with Gasteiger partial charge < -0.3 is 4.74 Å². The molecule has 2 rings (SSSR count). The number of hydrogen-bond donors (Lipinski definition) is 0. The van der Waals surface area contributed by atoms with E-state index in [0.29, 0.717) is 6.42 Å². The molecule has 0 spiro atoms. The van der Waals surface area contributed by atoms with Gasteiger partial charge in [0.25, 0.3) is 0 Å². The van der Waals surface area contributed by atoms with Crippen LogP contribution in [-0.2, 0) is 6.54 Å². The van der Waals surface area contributed by atoms with Crippen molar-refractivity contribution in [1.29, 1.82) is 5.26 Å². The lowest BCUT2D eigenvalue weighted by Crippen LogP contribution is -2.46. The highest BCUT2D eigenvalue weighted by molar-refractivity contribution is 9.10. The van der Waals surface area contributed by atoms with E-state index >= 15 is 0 Å². The van der Waals surface area contributed by atoms with Crippen molar-refractivity contribution in [2.75, 3.05) is 32.7 Å². The van der Waals surface area contributed by atoms with Crippen LogP contribution in [0.5, 0.6) is 5.75 Å². The zero-order chi connectivity index (χ0) is 15.9. The van der Waals surface area contributed by atoms with Crippen molar-refractivity contribution in [3.05, 3.63) is 28.2 Å². The van der Waals surface area contributed by atoms with Gasteiger partial charge in [-0.05, 0) is 32.0 Å². The molecule has 1 saturated heterocycles. The number of rotatable bonds is 6. The van der Waals surface area contributed by atoms with E-state index in [1.54, 1.807) is 0 Å². The molecule has 4 nitrogen and oxygen atoms in total. The second-order valence-electron chi connectivity index (χ2n) is 5.94. The van der Waals surface area contributed by atoms with Gasteiger partial charge in [-0.1, -0.05) is 15.9 Å². The molecule has 0 N–H and O–H groups in total. The average Bonchev–Trinajstić information content (AvgIpc) is 2.49. The Balaban J connectivity index is 1.94. The fourth-order valence-electron chi connectivity index (χ4n) is 2.66. The maximum atomic E-state index is 8.67. The van der Waals surface area contributed by atoms with Crippen molar-refractivity contribution >= 4 is 15.9 Å². The molecule has 1 aromatic rings. The Morgan fingerprint density at radius 2 is 1.91 bits per heavy atom. The van der Waals surface area contributed by atoms with Gasteiger partial charge in [0.2, 0.25) is 0 Å². The van der Waals surface area contributed by atoms with Crippen LogP contribution in [0.1, 0.15) is 25.8 Å². The summed E-state index contributed by atoms with van der Waals surface area (Å²) in [5.41, 5.74) is 1.23. The Labute approximate surface area is 141 Å². The molecule has 5 heteroatoms. The second kappa shape index (κ2) is 8.52. The number of nitriles is 1. The number of nitrogens with zero attached hydrogens (tertiary/aromatic N) is 3. The van der Waals surface area contributed by atoms with Gasteiger partial charge in [-0.2, -0.15) is 5.26 Å². The predicted molar refractivity (Wildman–Crippen MR) is 91.9 cm³/mol. The van der Waals surface area contributed by atoms with E-state index in [2.05, 4.69) is 51.7 Å². The summed E-state index contributed by atoms with van der Waals surface area (Å²) >= 11 is 3.55. The molecule has 0 aromatic heterocycles. The van der Waals surface area contributed by atoms with Crippen molar-refractivity contribution in [3.8, 4) is 11.8 Å². The van der Waals surface area contributed by atoms with Gasteiger partial charge in [0.15, 0.2) is 0 Å². The van der Waals surface area contributed by atoms with Crippen LogP contribution >= 0.6 is 15.9 Å². The minimum Gasteiger partial charge on any atom is -0.491 e. The summed E-state index contributed by atoms with van der Waals surface area (Å²) in [5.74, 6) is 0.977. The molecule has 1 fully saturated rings. The first kappa shape index (κ1) is 17.3. The Morgan fingerprint density at radius 3 is 2.55 bits per heavy atom. The molecule has 1 aliphatic heterocycles. The second-order valence-corrected chi connectivity index (χ2v) is 6.86. The van der Waals surface area contributed by atoms with E-state index in [1.807, 2.05) is 12.1 Å². The molecule has 1 aliphatic rings. The van der Waals surface area contributed by atoms with Crippen LogP contribution in [0.4, 0.5) is 0 Å². The number of hydrogen-bond acceptors (Lipinski definition) is 4. The summed E-state index contributed by atoms with van der Waals surface area (Å²) in [6, 6.07) is 8.45. The maximum Gasteiger partial charge on any atom is 0.124 e. The first-order valence-electron chi connectivity index (χ1n) is 7.85. The van der Waals surface area contributed by atoms with Crippen molar-refractivity contribution in [3.63, 3.8) is 0 Å². The highest BCUT2D eigenvalue weighted by atomic mass is 79.9. The molecular weight excluding hydrogens is 342 g/mol. The first-order valence-corrected chi connectivity index (χ1v) is 8.64. The molecule has 22 heavy (non-hydrogen) atoms. The number of benzene rings is 1. The maximum absolute atomic E-state index is 8.67. The summed E-state index contributed by atoms with van der Waals surface area (Å²) in [7, 11) is 0. The quantitative estimate of drug-likeness (QED) is 0.775. The minimum atomic E-state index is 0.183. The van der Waals surface area contributed by atoms with Crippen LogP contribution in [0.15, 0.2) is 22.7 Å². The van der Waals surface area contributed by atoms with Crippen molar-refractivity contribution in [1.82, 2.24) is 9.80 Å². The zero-order valence-corrected chi connectivity index (χ0v) is 15.0. The van der Waals surface area contributed by atoms with Crippen LogP contribution in [0, 0.1) is 11.3 Å². The van der Waals surface area contributed by atoms with E-state index in [1.165, 1.54) is 5.56 Å². The fourth-order valence-corrected chi connectivity index (χ4v) is 3.07. The summed E-state index contributed by atoms with van der Waals surface area (Å²) < 4.78 is 7.01. The lowest BCUT2D eigenvalue weighted by molar-refractivity contribution is 0.127. The van der Waals surface area contributed by atoms with E-state index in [-0.39, 0.29) is 6.10 Å². The number of halogens is 1. The predicted octanol–water partition coefficient (Wildman–Crippen LogP) is 3.27. The van der Waals surface area contributed by atoms with Gasteiger partial charge in [0.05, 0.1) is 12.2 Å². The molecule has 0 bridgehead atoms. The van der Waals surface area contributed by atoms with Crippen LogP contribution in [0.3, 0.4) is 0 Å². The van der Waals surface area contributed by atoms with E-state index in [0.717, 1.165) is 49.5 Å². The molecule has 0 saturated carbocycles. The Hall–Kier alpha value is -1.09. The van der Waals surface area contributed by atoms with Gasteiger partial charge in [0.1, 0.15) is 5.75 Å². The van der Waals surface area contributed by atoms with Gasteiger partial charge in [-0.25, -0.2) is 0 Å². The van der Waals surface area contributed by atoms with E-state index in [9.17, 15) is 0 Å². The number of piperazine rings is 1. The van der Waals surface area contributed by atoms with Crippen LogP contribution in [-0.4, -0.2) is 48.6 Å². The minimum absolute atomic E-state index is 0.183. The Kier molecular flexibility index (Phi) is 6.69. The lowest BCUT2D eigenvalue weighted by Gasteiger charge is -2.34. The summed E-state index contributed by atoms with van der Waals surface area (Å²) in [4.78, 5) is 4.82. The normalized spacial score (nSPS) is 16.7. The standard InChI is InChI=1S/C17H24BrN3O/c1-14(2)22-17-5-4-16(18)12-15(17)13-21-10-8-20(9-11-21)7-3-6-19/h4-5,12,14H,3,7-11,13H2,1-2H3. The van der Waals surface area contributed by atoms with Gasteiger partial charge >= 0.3 is 0 Å². The van der Waals surface area contributed by atoms with Crippen LogP contribution in [0.2, 0.25) is 0 Å². The molecule has 0 unspecified atom stereocenters. The largest absolute Gasteiger partial charge is 0.491 e. The highest BCUT2D eigenvalue weighted by Gasteiger charge is 2.18. The van der Waals surface area contributed by atoms with E-state index < -0.39 is 0 Å². The third kappa shape index (κ3) is 5.28. The van der Waals surface area contributed by atoms with Gasteiger partial charge in [-0.15, -0.1) is 0 Å². The topological polar surface area (TPSA) is 39.5 Å². The third-order valence-electron chi connectivity index (χ3n) is 3.78. The summed E-state index contributed by atoms with van der Waals surface area (Å²) in [6.07, 6.45) is 0.806. The summed E-state index contributed by atoms with van der Waals surface area (Å²) in [6.45, 7) is 10.1. The summed E-state index contributed by atoms with van der Waals surface area (Å²) in [5, 5.41) is 8.67. The van der Waals surface area contributed by atoms with Gasteiger partial charge in [0, 0.05) is 55.7 Å². The molecule has 0 amide bonds. The highest BCUT2D eigenvalue weighted by Crippen LogP contribution is 2.26. The molecule has 1 heterocycles. The van der Waals surface area contributed by atoms with Gasteiger partial charge in [-0.3, -0.25) is 9.80 Å². The molecule has 1 aromatic carbocycles. The third-order valence-corrected chi connectivity index (χ3v) is 4.28. The van der Waals surface area contributed by atoms with Crippen molar-refractivity contribution in [2.24, 2.45) is 0 Å². The Bertz CT molecular complexity index is 519. The van der Waals surface area contributed by atoms with Crippen molar-refractivity contribution in [2.45, 2.75) is 32.9 Å². The SMILES string of the molecule is CC(C)Oc1ccc(Br)cc1CN1CCN(CCC#N)CC1. The zero-order valence-electron chi connectivity index (χ0n) is 13.4. The Morgan fingerprint density at radius 1 is 1.23 bits per heavy atom. The van der Waals surface area contributed by atoms with E-state index in [4.69, 9.17) is 10.00 Å². The molecule has 0 radical (unpaired) electrons. The van der Waals surface area contributed by atoms with Crippen molar-refractivity contribution < 1.29 is 4.74 Å². The molecule has 0 aliphatic carbocycles. The van der Waals surface area contributed by atoms with Crippen LogP contribution in [0.25, 0.3) is 0 Å². The smallest absolute Gasteiger partial charge is 0.124 e. The lowest BCUT2D eigenvalue weighted by atomic mass is 10.1.